The van der Waals surface area contributed by atoms with Crippen LogP contribution in [0.3, 0.4) is 0 Å². The van der Waals surface area contributed by atoms with Gasteiger partial charge in [-0.15, -0.1) is 4.83 Å². The molecule has 0 aromatic carbocycles. The molecule has 1 heterocycles. The molecule has 2 N–H and O–H groups in total. The van der Waals surface area contributed by atoms with E-state index in [1.807, 2.05) is 0 Å². The first kappa shape index (κ1) is 11.9. The minimum Gasteiger partial charge on any atom is -0.395 e. The van der Waals surface area contributed by atoms with E-state index >= 15 is 0 Å². The molecule has 0 aromatic heterocycles. The number of hydrazine groups is 1. The maximum atomic E-state index is 11.5. The quantitative estimate of drug-likeness (QED) is 0.610. The molecule has 0 aromatic rings. The third-order valence-electron chi connectivity index (χ3n) is 2.05. The second kappa shape index (κ2) is 5.04. The summed E-state index contributed by atoms with van der Waals surface area (Å²) in [6, 6.07) is 0. The van der Waals surface area contributed by atoms with E-state index in [2.05, 4.69) is 4.83 Å². The monoisotopic (exact) mass is 224 g/mol. The maximum absolute atomic E-state index is 11.5. The molecule has 0 bridgehead atoms. The molecule has 1 atom stereocenters. The van der Waals surface area contributed by atoms with Gasteiger partial charge in [0.2, 0.25) is 10.0 Å². The first-order valence-electron chi connectivity index (χ1n) is 4.51. The first-order valence-corrected chi connectivity index (χ1v) is 6.05. The number of hydrogen-bond acceptors (Lipinski definition) is 5. The maximum Gasteiger partial charge on any atom is 0.229 e. The van der Waals surface area contributed by atoms with Crippen molar-refractivity contribution in [3.8, 4) is 0 Å². The van der Waals surface area contributed by atoms with E-state index in [0.717, 1.165) is 0 Å². The Morgan fingerprint density at radius 3 is 2.57 bits per heavy atom. The van der Waals surface area contributed by atoms with E-state index in [-0.39, 0.29) is 6.61 Å². The van der Waals surface area contributed by atoms with Crippen LogP contribution in [-0.4, -0.2) is 56.7 Å². The molecular formula is C7H16N2O4S. The molecule has 1 fully saturated rings. The van der Waals surface area contributed by atoms with E-state index in [4.69, 9.17) is 9.84 Å². The molecule has 1 aliphatic heterocycles. The van der Waals surface area contributed by atoms with E-state index in [0.29, 0.717) is 26.3 Å². The van der Waals surface area contributed by atoms with Gasteiger partial charge in [0.15, 0.2) is 0 Å². The minimum absolute atomic E-state index is 0.375. The van der Waals surface area contributed by atoms with Crippen molar-refractivity contribution >= 4 is 10.0 Å². The highest BCUT2D eigenvalue weighted by Crippen LogP contribution is 2.00. The van der Waals surface area contributed by atoms with Crippen molar-refractivity contribution in [3.63, 3.8) is 0 Å². The van der Waals surface area contributed by atoms with Crippen LogP contribution in [0.25, 0.3) is 0 Å². The predicted octanol–water partition coefficient (Wildman–Crippen LogP) is -1.47. The number of nitrogens with zero attached hydrogens (tertiary/aromatic N) is 1. The summed E-state index contributed by atoms with van der Waals surface area (Å²) < 4.78 is 28.0. The van der Waals surface area contributed by atoms with Gasteiger partial charge in [-0.3, -0.25) is 0 Å². The van der Waals surface area contributed by atoms with Gasteiger partial charge >= 0.3 is 0 Å². The summed E-state index contributed by atoms with van der Waals surface area (Å²) in [5, 5.41) is 9.54. The Kier molecular flexibility index (Phi) is 4.27. The van der Waals surface area contributed by atoms with Gasteiger partial charge in [0, 0.05) is 13.1 Å². The summed E-state index contributed by atoms with van der Waals surface area (Å²) in [6.45, 7) is 3.21. The summed E-state index contributed by atoms with van der Waals surface area (Å²) in [5.41, 5.74) is 0. The molecule has 7 heteroatoms. The van der Waals surface area contributed by atoms with Crippen molar-refractivity contribution < 1.29 is 18.3 Å². The van der Waals surface area contributed by atoms with Crippen LogP contribution >= 0.6 is 0 Å². The lowest BCUT2D eigenvalue weighted by Crippen LogP contribution is -2.51. The highest BCUT2D eigenvalue weighted by Gasteiger charge is 2.23. The van der Waals surface area contributed by atoms with E-state index in [1.54, 1.807) is 5.01 Å². The first-order chi connectivity index (χ1) is 6.56. The Labute approximate surface area is 83.9 Å². The molecule has 1 aliphatic rings. The number of sulfonamides is 1. The van der Waals surface area contributed by atoms with Crippen molar-refractivity contribution in [2.75, 3.05) is 32.9 Å². The van der Waals surface area contributed by atoms with Crippen LogP contribution in [0.2, 0.25) is 0 Å². The molecule has 0 saturated carbocycles. The average Bonchev–Trinajstić information content (AvgIpc) is 2.17. The van der Waals surface area contributed by atoms with Crippen LogP contribution in [-0.2, 0) is 14.8 Å². The molecule has 0 spiro atoms. The van der Waals surface area contributed by atoms with Crippen LogP contribution in [0, 0.1) is 0 Å². The third-order valence-corrected chi connectivity index (χ3v) is 3.78. The van der Waals surface area contributed by atoms with E-state index in [1.165, 1.54) is 6.92 Å². The largest absolute Gasteiger partial charge is 0.395 e. The minimum atomic E-state index is -3.44. The lowest BCUT2D eigenvalue weighted by Gasteiger charge is -2.27. The van der Waals surface area contributed by atoms with Gasteiger partial charge in [-0.25, -0.2) is 13.4 Å². The van der Waals surface area contributed by atoms with Crippen LogP contribution < -0.4 is 4.83 Å². The summed E-state index contributed by atoms with van der Waals surface area (Å²) in [4.78, 5) is 2.41. The van der Waals surface area contributed by atoms with Gasteiger partial charge < -0.3 is 9.84 Å². The SMILES string of the molecule is CC(CO)S(=O)(=O)NN1CCOCC1. The smallest absolute Gasteiger partial charge is 0.229 e. The fourth-order valence-corrected chi connectivity index (χ4v) is 1.94. The Morgan fingerprint density at radius 2 is 2.07 bits per heavy atom. The Morgan fingerprint density at radius 1 is 1.50 bits per heavy atom. The summed E-state index contributed by atoms with van der Waals surface area (Å²) in [7, 11) is -3.44. The second-order valence-corrected chi connectivity index (χ2v) is 5.31. The standard InChI is InChI=1S/C7H16N2O4S/c1-7(6-10)14(11,12)8-9-2-4-13-5-3-9/h7-8,10H,2-6H2,1H3. The van der Waals surface area contributed by atoms with Gasteiger partial charge in [-0.2, -0.15) is 0 Å². The van der Waals surface area contributed by atoms with Crippen LogP contribution in [0.15, 0.2) is 0 Å². The molecular weight excluding hydrogens is 208 g/mol. The number of morpholine rings is 1. The van der Waals surface area contributed by atoms with Crippen molar-refractivity contribution in [2.24, 2.45) is 0 Å². The topological polar surface area (TPSA) is 78.9 Å². The number of aliphatic hydroxyl groups is 1. The van der Waals surface area contributed by atoms with Crippen molar-refractivity contribution in [3.05, 3.63) is 0 Å². The van der Waals surface area contributed by atoms with Crippen LogP contribution in [0.1, 0.15) is 6.92 Å². The highest BCUT2D eigenvalue weighted by atomic mass is 32.2. The molecule has 0 amide bonds. The number of rotatable bonds is 4. The zero-order valence-electron chi connectivity index (χ0n) is 8.14. The zero-order chi connectivity index (χ0) is 10.6. The van der Waals surface area contributed by atoms with Crippen molar-refractivity contribution in [1.29, 1.82) is 0 Å². The summed E-state index contributed by atoms with van der Waals surface area (Å²) in [5.74, 6) is 0. The fraction of sp³-hybridized carbons (Fsp3) is 1.00. The normalized spacial score (nSPS) is 22.1. The van der Waals surface area contributed by atoms with Gasteiger partial charge in [0.05, 0.1) is 25.1 Å². The van der Waals surface area contributed by atoms with Gasteiger partial charge in [0.25, 0.3) is 0 Å². The highest BCUT2D eigenvalue weighted by molar-refractivity contribution is 7.90. The zero-order valence-corrected chi connectivity index (χ0v) is 8.96. The molecule has 84 valence electrons. The molecule has 1 rings (SSSR count). The lowest BCUT2D eigenvalue weighted by atomic mass is 10.5. The number of nitrogens with one attached hydrogen (secondary N) is 1. The van der Waals surface area contributed by atoms with Crippen LogP contribution in [0.4, 0.5) is 0 Å². The molecule has 14 heavy (non-hydrogen) atoms. The Bertz CT molecular complexity index is 261. The van der Waals surface area contributed by atoms with Gasteiger partial charge in [0.1, 0.15) is 0 Å². The summed E-state index contributed by atoms with van der Waals surface area (Å²) >= 11 is 0. The summed E-state index contributed by atoms with van der Waals surface area (Å²) in [6.07, 6.45) is 0. The van der Waals surface area contributed by atoms with Gasteiger partial charge in [-0.05, 0) is 6.92 Å². The molecule has 1 saturated heterocycles. The molecule has 0 radical (unpaired) electrons. The molecule has 0 aliphatic carbocycles. The third kappa shape index (κ3) is 3.18. The Hall–Kier alpha value is -0.210. The van der Waals surface area contributed by atoms with Crippen molar-refractivity contribution in [2.45, 2.75) is 12.2 Å². The predicted molar refractivity (Wildman–Crippen MR) is 51.0 cm³/mol. The van der Waals surface area contributed by atoms with Crippen LogP contribution in [0.5, 0.6) is 0 Å². The van der Waals surface area contributed by atoms with E-state index in [9.17, 15) is 8.42 Å². The van der Waals surface area contributed by atoms with E-state index < -0.39 is 15.3 Å². The lowest BCUT2D eigenvalue weighted by molar-refractivity contribution is 0.0270. The number of hydrogen-bond donors (Lipinski definition) is 2. The number of ether oxygens (including phenoxy) is 1. The average molecular weight is 224 g/mol. The van der Waals surface area contributed by atoms with Crippen molar-refractivity contribution in [1.82, 2.24) is 9.84 Å². The number of aliphatic hydroxyl groups excluding tert-OH is 1. The molecule has 1 unspecified atom stereocenters. The van der Waals surface area contributed by atoms with Gasteiger partial charge in [-0.1, -0.05) is 0 Å². The Balaban J connectivity index is 2.49. The fourth-order valence-electron chi connectivity index (χ4n) is 1.02. The molecule has 6 nitrogen and oxygen atoms in total. The second-order valence-electron chi connectivity index (χ2n) is 3.23.